The van der Waals surface area contributed by atoms with E-state index in [9.17, 15) is 0 Å². The molecule has 2 heteroatoms. The first-order valence-electron chi connectivity index (χ1n) is 7.77. The van der Waals surface area contributed by atoms with Crippen LogP contribution in [0.5, 0.6) is 5.75 Å². The van der Waals surface area contributed by atoms with Gasteiger partial charge in [0, 0.05) is 5.69 Å². The maximum absolute atomic E-state index is 5.29. The maximum Gasteiger partial charge on any atom is 0.119 e. The fraction of sp³-hybridized carbons (Fsp3) is 0.368. The minimum absolute atomic E-state index is 0.413. The molecule has 1 aliphatic carbocycles. The first-order valence-corrected chi connectivity index (χ1v) is 7.77. The van der Waals surface area contributed by atoms with Crippen LogP contribution in [0.25, 0.3) is 0 Å². The van der Waals surface area contributed by atoms with E-state index in [0.29, 0.717) is 6.04 Å². The van der Waals surface area contributed by atoms with E-state index in [1.807, 2.05) is 6.07 Å². The van der Waals surface area contributed by atoms with Crippen LogP contribution in [0.3, 0.4) is 0 Å². The summed E-state index contributed by atoms with van der Waals surface area (Å²) in [4.78, 5) is 0. The highest BCUT2D eigenvalue weighted by molar-refractivity contribution is 5.55. The van der Waals surface area contributed by atoms with Gasteiger partial charge in [0.2, 0.25) is 0 Å². The number of hydrogen-bond acceptors (Lipinski definition) is 2. The molecule has 0 saturated heterocycles. The lowest BCUT2D eigenvalue weighted by molar-refractivity contribution is 0.414. The van der Waals surface area contributed by atoms with E-state index in [1.54, 1.807) is 7.11 Å². The monoisotopic (exact) mass is 281 g/mol. The third-order valence-corrected chi connectivity index (χ3v) is 4.38. The van der Waals surface area contributed by atoms with E-state index in [2.05, 4.69) is 48.6 Å². The van der Waals surface area contributed by atoms with Crippen molar-refractivity contribution < 1.29 is 4.74 Å². The maximum atomic E-state index is 5.29. The fourth-order valence-electron chi connectivity index (χ4n) is 3.18. The molecule has 2 aromatic rings. The van der Waals surface area contributed by atoms with Gasteiger partial charge in [-0.1, -0.05) is 30.7 Å². The van der Waals surface area contributed by atoms with Crippen LogP contribution in [0.1, 0.15) is 42.0 Å². The van der Waals surface area contributed by atoms with Crippen molar-refractivity contribution in [2.75, 3.05) is 12.4 Å². The Morgan fingerprint density at radius 1 is 1.10 bits per heavy atom. The Labute approximate surface area is 127 Å². The van der Waals surface area contributed by atoms with E-state index >= 15 is 0 Å². The zero-order chi connectivity index (χ0) is 14.7. The van der Waals surface area contributed by atoms with Crippen molar-refractivity contribution in [1.82, 2.24) is 0 Å². The van der Waals surface area contributed by atoms with Crippen molar-refractivity contribution in [2.45, 2.75) is 38.6 Å². The third-order valence-electron chi connectivity index (χ3n) is 4.38. The van der Waals surface area contributed by atoms with Crippen LogP contribution in [0.2, 0.25) is 0 Å². The summed E-state index contributed by atoms with van der Waals surface area (Å²) in [7, 11) is 1.71. The molecular formula is C19H23NO. The van der Waals surface area contributed by atoms with Crippen LogP contribution in [-0.2, 0) is 6.42 Å². The fourth-order valence-corrected chi connectivity index (χ4v) is 3.18. The second kappa shape index (κ2) is 6.21. The van der Waals surface area contributed by atoms with Crippen LogP contribution >= 0.6 is 0 Å². The first kappa shape index (κ1) is 14.0. The Balaban J connectivity index is 1.87. The normalized spacial score (nSPS) is 17.7. The molecule has 0 bridgehead atoms. The summed E-state index contributed by atoms with van der Waals surface area (Å²) >= 11 is 0. The van der Waals surface area contributed by atoms with E-state index in [-0.39, 0.29) is 0 Å². The van der Waals surface area contributed by atoms with E-state index in [4.69, 9.17) is 4.74 Å². The predicted octanol–water partition coefficient (Wildman–Crippen LogP) is 4.88. The zero-order valence-corrected chi connectivity index (χ0v) is 12.9. The average Bonchev–Trinajstić information content (AvgIpc) is 2.72. The highest BCUT2D eigenvalue weighted by Crippen LogP contribution is 2.33. The largest absolute Gasteiger partial charge is 0.497 e. The van der Waals surface area contributed by atoms with Crippen molar-refractivity contribution in [2.24, 2.45) is 0 Å². The second-order valence-electron chi connectivity index (χ2n) is 5.82. The molecule has 0 saturated carbocycles. The predicted molar refractivity (Wildman–Crippen MR) is 88.1 cm³/mol. The molecule has 1 N–H and O–H groups in total. The second-order valence-corrected chi connectivity index (χ2v) is 5.82. The van der Waals surface area contributed by atoms with Gasteiger partial charge in [0.25, 0.3) is 0 Å². The smallest absolute Gasteiger partial charge is 0.119 e. The van der Waals surface area contributed by atoms with Crippen molar-refractivity contribution in [3.8, 4) is 5.75 Å². The number of fused-ring (bicyclic) bond motifs is 1. The topological polar surface area (TPSA) is 21.3 Å². The Bertz CT molecular complexity index is 621. The number of ether oxygens (including phenoxy) is 1. The van der Waals surface area contributed by atoms with Gasteiger partial charge >= 0.3 is 0 Å². The van der Waals surface area contributed by atoms with Crippen LogP contribution in [0, 0.1) is 6.92 Å². The van der Waals surface area contributed by atoms with Gasteiger partial charge < -0.3 is 10.1 Å². The van der Waals surface area contributed by atoms with Crippen molar-refractivity contribution in [3.05, 3.63) is 59.2 Å². The summed E-state index contributed by atoms with van der Waals surface area (Å²) < 4.78 is 5.29. The summed E-state index contributed by atoms with van der Waals surface area (Å²) in [6.45, 7) is 2.13. The summed E-state index contributed by atoms with van der Waals surface area (Å²) in [6.07, 6.45) is 4.97. The summed E-state index contributed by atoms with van der Waals surface area (Å²) in [6, 6.07) is 15.5. The van der Waals surface area contributed by atoms with Gasteiger partial charge in [0.15, 0.2) is 0 Å². The van der Waals surface area contributed by atoms with Gasteiger partial charge in [-0.2, -0.15) is 0 Å². The van der Waals surface area contributed by atoms with Gasteiger partial charge in [0.05, 0.1) is 13.2 Å². The van der Waals surface area contributed by atoms with Crippen LogP contribution < -0.4 is 10.1 Å². The molecule has 0 fully saturated rings. The molecule has 0 aromatic heterocycles. The molecule has 0 radical (unpaired) electrons. The number of nitrogens with one attached hydrogen (secondary N) is 1. The lowest BCUT2D eigenvalue weighted by atomic mass is 9.98. The minimum atomic E-state index is 0.413. The van der Waals surface area contributed by atoms with E-state index < -0.39 is 0 Å². The van der Waals surface area contributed by atoms with Gasteiger partial charge in [-0.05, 0) is 61.1 Å². The lowest BCUT2D eigenvalue weighted by Gasteiger charge is -2.22. The Kier molecular flexibility index (Phi) is 4.14. The molecule has 21 heavy (non-hydrogen) atoms. The van der Waals surface area contributed by atoms with Gasteiger partial charge in [-0.3, -0.25) is 0 Å². The average molecular weight is 281 g/mol. The van der Waals surface area contributed by atoms with Crippen LogP contribution in [-0.4, -0.2) is 7.11 Å². The molecule has 0 spiro atoms. The molecule has 110 valence electrons. The van der Waals surface area contributed by atoms with Crippen molar-refractivity contribution >= 4 is 5.69 Å². The summed E-state index contributed by atoms with van der Waals surface area (Å²) in [5.41, 5.74) is 5.40. The first-order chi connectivity index (χ1) is 10.3. The quantitative estimate of drug-likeness (QED) is 0.809. The molecule has 2 nitrogen and oxygen atoms in total. The summed E-state index contributed by atoms with van der Waals surface area (Å²) in [5, 5.41) is 3.74. The molecule has 0 amide bonds. The van der Waals surface area contributed by atoms with Gasteiger partial charge in [-0.25, -0.2) is 0 Å². The third kappa shape index (κ3) is 3.05. The number of aryl methyl sites for hydroxylation is 2. The number of methoxy groups -OCH3 is 1. The van der Waals surface area contributed by atoms with Crippen LogP contribution in [0.15, 0.2) is 42.5 Å². The standard InChI is InChI=1S/C19H23NO/c1-14-13-16(21-2)11-12-18(14)20-19-10-6-4-8-15-7-3-5-9-17(15)19/h3,5,7,9,11-13,19-20H,4,6,8,10H2,1-2H3. The van der Waals surface area contributed by atoms with Crippen molar-refractivity contribution in [3.63, 3.8) is 0 Å². The molecule has 1 atom stereocenters. The molecule has 0 heterocycles. The number of benzene rings is 2. The SMILES string of the molecule is COc1ccc(NC2CCCCc3ccccc32)c(C)c1. The molecule has 2 aromatic carbocycles. The van der Waals surface area contributed by atoms with E-state index in [0.717, 1.165) is 5.75 Å². The van der Waals surface area contributed by atoms with Crippen molar-refractivity contribution in [1.29, 1.82) is 0 Å². The zero-order valence-electron chi connectivity index (χ0n) is 12.9. The van der Waals surface area contributed by atoms with E-state index in [1.165, 1.54) is 48.1 Å². The molecule has 1 unspecified atom stereocenters. The summed E-state index contributed by atoms with van der Waals surface area (Å²) in [5.74, 6) is 0.916. The molecule has 1 aliphatic rings. The Hall–Kier alpha value is -1.96. The highest BCUT2D eigenvalue weighted by atomic mass is 16.5. The Morgan fingerprint density at radius 2 is 1.95 bits per heavy atom. The molecule has 3 rings (SSSR count). The van der Waals surface area contributed by atoms with Gasteiger partial charge in [0.1, 0.15) is 5.75 Å². The highest BCUT2D eigenvalue weighted by Gasteiger charge is 2.18. The lowest BCUT2D eigenvalue weighted by Crippen LogP contribution is -2.12. The number of rotatable bonds is 3. The Morgan fingerprint density at radius 3 is 2.76 bits per heavy atom. The van der Waals surface area contributed by atoms with Gasteiger partial charge in [-0.15, -0.1) is 0 Å². The number of hydrogen-bond donors (Lipinski definition) is 1. The number of anilines is 1. The minimum Gasteiger partial charge on any atom is -0.497 e. The molecular weight excluding hydrogens is 258 g/mol. The molecule has 0 aliphatic heterocycles. The van der Waals surface area contributed by atoms with Crippen LogP contribution in [0.4, 0.5) is 5.69 Å².